The van der Waals surface area contributed by atoms with E-state index in [1.165, 1.54) is 27.9 Å². The van der Waals surface area contributed by atoms with Crippen molar-refractivity contribution in [2.24, 2.45) is 0 Å². The van der Waals surface area contributed by atoms with Crippen LogP contribution >= 0.6 is 0 Å². The summed E-state index contributed by atoms with van der Waals surface area (Å²) in [6, 6.07) is 15.7. The molecule has 0 bridgehead atoms. The summed E-state index contributed by atoms with van der Waals surface area (Å²) in [5.41, 5.74) is 6.95. The molecule has 0 aliphatic carbocycles. The topological polar surface area (TPSA) is 6.02 Å². The fourth-order valence-corrected chi connectivity index (χ4v) is 3.86. The third kappa shape index (κ3) is 3.18. The van der Waals surface area contributed by atoms with Crippen molar-refractivity contribution in [3.8, 4) is 0 Å². The Balaban J connectivity index is 2.23. The zero-order chi connectivity index (χ0) is 18.1. The first-order valence-electron chi connectivity index (χ1n) is 9.30. The van der Waals surface area contributed by atoms with Gasteiger partial charge in [0.05, 0.1) is 6.08 Å². The van der Waals surface area contributed by atoms with Crippen LogP contribution in [0.2, 0.25) is 0 Å². The number of azo groups is 4. The maximum absolute atomic E-state index is 2.42. The van der Waals surface area contributed by atoms with Crippen LogP contribution in [0.3, 0.4) is 0 Å². The van der Waals surface area contributed by atoms with Crippen LogP contribution in [0.25, 0.3) is 0 Å². The minimum atomic E-state index is 0.238. The number of benzene rings is 2. The molecule has 2 aromatic carbocycles. The number of aryl methyl sites for hydroxylation is 1. The van der Waals surface area contributed by atoms with E-state index in [9.17, 15) is 0 Å². The van der Waals surface area contributed by atoms with Gasteiger partial charge in [-0.2, -0.15) is 0 Å². The van der Waals surface area contributed by atoms with Gasteiger partial charge in [0, 0.05) is 26.6 Å². The van der Waals surface area contributed by atoms with E-state index in [2.05, 4.69) is 106 Å². The lowest BCUT2D eigenvalue weighted by Gasteiger charge is -2.20. The van der Waals surface area contributed by atoms with Crippen LogP contribution in [0.4, 0.5) is 5.69 Å². The van der Waals surface area contributed by atoms with Gasteiger partial charge in [0.15, 0.2) is 0 Å². The van der Waals surface area contributed by atoms with Crippen molar-refractivity contribution in [3.05, 3.63) is 77.0 Å². The van der Waals surface area contributed by atoms with Crippen LogP contribution < -0.4 is 0 Å². The van der Waals surface area contributed by atoms with Crippen molar-refractivity contribution in [1.82, 2.24) is 0 Å². The van der Waals surface area contributed by atoms with Crippen LogP contribution in [0.1, 0.15) is 67.8 Å². The summed E-state index contributed by atoms with van der Waals surface area (Å²) < 4.78 is 4.64. The summed E-state index contributed by atoms with van der Waals surface area (Å²) >= 11 is 0. The second-order valence-corrected chi connectivity index (χ2v) is 7.65. The molecule has 0 fully saturated rings. The predicted octanol–water partition coefficient (Wildman–Crippen LogP) is 6.25. The van der Waals surface area contributed by atoms with E-state index in [0.29, 0.717) is 11.8 Å². The quantitative estimate of drug-likeness (QED) is 0.583. The molecule has 1 atom stereocenters. The first-order chi connectivity index (χ1) is 11.9. The van der Waals surface area contributed by atoms with Crippen LogP contribution in [0.15, 0.2) is 54.7 Å². The Labute approximate surface area is 152 Å². The molecule has 0 spiro atoms. The first kappa shape index (κ1) is 17.6. The molecule has 3 rings (SSSR count). The summed E-state index contributed by atoms with van der Waals surface area (Å²) in [7, 11) is 2.13. The Kier molecular flexibility index (Phi) is 4.89. The molecule has 130 valence electrons. The van der Waals surface area contributed by atoms with E-state index >= 15 is 0 Å². The standard InChI is InChI=1S/C23H30N2/c1-16(2)19-11-9-12-20(17(3)4)23(19)22-14-15-24(6)25(22)21-13-8-7-10-18(21)5/h7-17,22H,1-6H3/q+2. The minimum Gasteiger partial charge on any atom is -0.0617 e. The monoisotopic (exact) mass is 334 g/mol. The van der Waals surface area contributed by atoms with Gasteiger partial charge < -0.3 is 0 Å². The summed E-state index contributed by atoms with van der Waals surface area (Å²) in [5.74, 6) is 1.01. The largest absolute Gasteiger partial charge is 0.273 e. The number of rotatable bonds is 4. The molecule has 0 aromatic heterocycles. The zero-order valence-corrected chi connectivity index (χ0v) is 16.3. The van der Waals surface area contributed by atoms with Gasteiger partial charge >= 0.3 is 0 Å². The second-order valence-electron chi connectivity index (χ2n) is 7.65. The molecule has 0 N–H and O–H groups in total. The lowest BCUT2D eigenvalue weighted by Crippen LogP contribution is -2.19. The van der Waals surface area contributed by atoms with Gasteiger partial charge in [-0.1, -0.05) is 64.1 Å². The number of para-hydroxylation sites is 1. The highest BCUT2D eigenvalue weighted by Crippen LogP contribution is 2.39. The molecule has 0 saturated carbocycles. The number of nitrogens with zero attached hydrogens (tertiary/aromatic N) is 2. The van der Waals surface area contributed by atoms with Crippen LogP contribution in [0, 0.1) is 6.92 Å². The predicted molar refractivity (Wildman–Crippen MR) is 104 cm³/mol. The maximum Gasteiger partial charge on any atom is 0.273 e. The molecular formula is C23H30N2+2. The Bertz CT molecular complexity index is 815. The van der Waals surface area contributed by atoms with Gasteiger partial charge in [0.2, 0.25) is 13.2 Å². The SMILES string of the molecule is Cc1ccccc1[N+]1=[N+](C)C=CC1c1c(C(C)C)cccc1C(C)C. The minimum absolute atomic E-state index is 0.238. The van der Waals surface area contributed by atoms with Gasteiger partial charge in [-0.25, -0.2) is 0 Å². The molecule has 1 unspecified atom stereocenters. The summed E-state index contributed by atoms with van der Waals surface area (Å²) in [6.45, 7) is 11.4. The normalized spacial score (nSPS) is 17.2. The average molecular weight is 335 g/mol. The molecule has 1 aliphatic rings. The smallest absolute Gasteiger partial charge is 0.0617 e. The van der Waals surface area contributed by atoms with Crippen molar-refractivity contribution in [2.75, 3.05) is 7.05 Å². The highest BCUT2D eigenvalue weighted by Gasteiger charge is 2.40. The van der Waals surface area contributed by atoms with E-state index in [4.69, 9.17) is 0 Å². The molecule has 1 heterocycles. The summed E-state index contributed by atoms with van der Waals surface area (Å²) in [5, 5.41) is 0. The van der Waals surface area contributed by atoms with Crippen molar-refractivity contribution in [1.29, 1.82) is 0 Å². The van der Waals surface area contributed by atoms with E-state index in [-0.39, 0.29) is 6.04 Å². The Hall–Kier alpha value is -2.22. The van der Waals surface area contributed by atoms with Crippen molar-refractivity contribution in [3.63, 3.8) is 0 Å². The highest BCUT2D eigenvalue weighted by atomic mass is 15.4. The Morgan fingerprint density at radius 2 is 1.44 bits per heavy atom. The molecule has 2 nitrogen and oxygen atoms in total. The van der Waals surface area contributed by atoms with Gasteiger partial charge in [0.25, 0.3) is 11.7 Å². The molecule has 25 heavy (non-hydrogen) atoms. The van der Waals surface area contributed by atoms with Crippen LogP contribution in [-0.2, 0) is 0 Å². The average Bonchev–Trinajstić information content (AvgIpc) is 2.95. The summed E-state index contributed by atoms with van der Waals surface area (Å²) in [4.78, 5) is 0. The van der Waals surface area contributed by atoms with Gasteiger partial charge in [-0.3, -0.25) is 0 Å². The van der Waals surface area contributed by atoms with E-state index in [0.717, 1.165) is 0 Å². The molecule has 0 amide bonds. The van der Waals surface area contributed by atoms with E-state index < -0.39 is 0 Å². The van der Waals surface area contributed by atoms with Crippen LogP contribution in [-0.4, -0.2) is 16.4 Å². The third-order valence-electron chi connectivity index (χ3n) is 5.16. The number of hydrogen-bond donors (Lipinski definition) is 0. The maximum atomic E-state index is 2.42. The third-order valence-corrected chi connectivity index (χ3v) is 5.16. The summed E-state index contributed by atoms with van der Waals surface area (Å²) in [6.07, 6.45) is 4.53. The molecule has 1 aliphatic heterocycles. The Morgan fingerprint density at radius 1 is 0.840 bits per heavy atom. The van der Waals surface area contributed by atoms with E-state index in [1.807, 2.05) is 0 Å². The van der Waals surface area contributed by atoms with Gasteiger partial charge in [0.1, 0.15) is 0 Å². The van der Waals surface area contributed by atoms with E-state index in [1.54, 1.807) is 0 Å². The Morgan fingerprint density at radius 3 is 2.00 bits per heavy atom. The van der Waals surface area contributed by atoms with Crippen molar-refractivity contribution < 1.29 is 9.39 Å². The van der Waals surface area contributed by atoms with Crippen molar-refractivity contribution in [2.45, 2.75) is 52.5 Å². The van der Waals surface area contributed by atoms with Gasteiger partial charge in [-0.05, 0) is 29.9 Å². The molecule has 0 radical (unpaired) electrons. The lowest BCUT2D eigenvalue weighted by atomic mass is 9.85. The second kappa shape index (κ2) is 6.95. The highest BCUT2D eigenvalue weighted by molar-refractivity contribution is 5.44. The molecule has 2 heteroatoms. The fourth-order valence-electron chi connectivity index (χ4n) is 3.86. The lowest BCUT2D eigenvalue weighted by molar-refractivity contribution is -0.954. The number of hydrogen-bond acceptors (Lipinski definition) is 0. The molecule has 2 aromatic rings. The zero-order valence-electron chi connectivity index (χ0n) is 16.3. The first-order valence-corrected chi connectivity index (χ1v) is 9.30. The fraction of sp³-hybridized carbons (Fsp3) is 0.391. The van der Waals surface area contributed by atoms with Gasteiger partial charge in [-0.15, -0.1) is 0 Å². The van der Waals surface area contributed by atoms with Crippen LogP contribution in [0.5, 0.6) is 0 Å². The molecule has 0 saturated heterocycles. The van der Waals surface area contributed by atoms with Crippen molar-refractivity contribution >= 4 is 5.69 Å². The molecular weight excluding hydrogens is 304 g/mol.